The molecule has 38 heavy (non-hydrogen) atoms. The average molecular weight is 512 g/mol. The minimum atomic E-state index is -0.570. The molecule has 1 amide bonds. The lowest BCUT2D eigenvalue weighted by molar-refractivity contribution is -0.103. The number of furan rings is 1. The number of benzene rings is 3. The fourth-order valence-electron chi connectivity index (χ4n) is 6.26. The van der Waals surface area contributed by atoms with Crippen molar-refractivity contribution < 1.29 is 23.1 Å². The largest absolute Gasteiger partial charge is 0.455 e. The van der Waals surface area contributed by atoms with Gasteiger partial charge in [0, 0.05) is 37.3 Å². The van der Waals surface area contributed by atoms with Gasteiger partial charge in [0.2, 0.25) is 0 Å². The van der Waals surface area contributed by atoms with Gasteiger partial charge in [-0.2, -0.15) is 0 Å². The summed E-state index contributed by atoms with van der Waals surface area (Å²) in [5.74, 6) is 0.198. The van der Waals surface area contributed by atoms with E-state index in [0.29, 0.717) is 40.0 Å². The summed E-state index contributed by atoms with van der Waals surface area (Å²) < 4.78 is 28.1. The third-order valence-corrected chi connectivity index (χ3v) is 8.24. The van der Waals surface area contributed by atoms with Gasteiger partial charge < -0.3 is 14.5 Å². The summed E-state index contributed by atoms with van der Waals surface area (Å²) in [6.45, 7) is 2.11. The Balaban J connectivity index is 1.51. The zero-order valence-corrected chi connectivity index (χ0v) is 21.8. The normalized spacial score (nSPS) is 19.6. The second-order valence-electron chi connectivity index (χ2n) is 10.9. The molecule has 0 radical (unpaired) electrons. The van der Waals surface area contributed by atoms with Crippen LogP contribution in [0.5, 0.6) is 0 Å². The molecule has 7 rings (SSSR count). The van der Waals surface area contributed by atoms with Gasteiger partial charge in [0.15, 0.2) is 5.78 Å². The first kappa shape index (κ1) is 24.6. The molecule has 1 heterocycles. The maximum Gasteiger partial charge on any atom is 0.255 e. The van der Waals surface area contributed by atoms with Crippen LogP contribution in [-0.4, -0.2) is 25.8 Å². The Morgan fingerprint density at radius 3 is 2.45 bits per heavy atom. The fraction of sp³-hybridized carbons (Fsp3) is 0.312. The summed E-state index contributed by atoms with van der Waals surface area (Å²) in [4.78, 5) is 26.2. The van der Waals surface area contributed by atoms with Crippen molar-refractivity contribution in [3.05, 3.63) is 82.7 Å². The van der Waals surface area contributed by atoms with Crippen molar-refractivity contribution in [1.29, 1.82) is 0 Å². The highest BCUT2D eigenvalue weighted by Gasteiger charge is 2.56. The van der Waals surface area contributed by atoms with Crippen molar-refractivity contribution in [2.24, 2.45) is 11.3 Å². The Labute approximate surface area is 221 Å². The highest BCUT2D eigenvalue weighted by Crippen LogP contribution is 2.66. The Hall–Kier alpha value is -3.77. The van der Waals surface area contributed by atoms with Gasteiger partial charge >= 0.3 is 0 Å². The number of amides is 1. The van der Waals surface area contributed by atoms with Gasteiger partial charge in [-0.15, -0.1) is 0 Å². The van der Waals surface area contributed by atoms with Crippen molar-refractivity contribution in [1.82, 2.24) is 5.32 Å². The molecular weight excluding hydrogens is 481 g/mol. The molecule has 0 spiro atoms. The molecule has 3 aromatic carbocycles. The Bertz CT molecular complexity index is 1570. The molecule has 6 heteroatoms. The molecule has 2 bridgehead atoms. The maximum atomic E-state index is 16.6. The summed E-state index contributed by atoms with van der Waals surface area (Å²) in [5.41, 5.74) is 4.37. The number of ether oxygens (including phenoxy) is 1. The maximum absolute atomic E-state index is 16.6. The van der Waals surface area contributed by atoms with Gasteiger partial charge in [0.1, 0.15) is 17.2 Å². The molecule has 1 aromatic heterocycles. The number of hydrogen-bond acceptors (Lipinski definition) is 4. The molecule has 1 N–H and O–H groups in total. The number of carbonyl (C=O) groups excluding carboxylic acids is 2. The van der Waals surface area contributed by atoms with E-state index < -0.39 is 11.7 Å². The monoisotopic (exact) mass is 511 g/mol. The van der Waals surface area contributed by atoms with Crippen LogP contribution < -0.4 is 5.32 Å². The number of methoxy groups -OCH3 is 1. The quantitative estimate of drug-likeness (QED) is 0.256. The number of fused-ring (bicyclic) bond motifs is 1. The SMILES string of the molecule is CNC(=O)c1c(-c2ccc(C)cc2)oc2cc(COC)c(-c3cccc(C(=O)CC45CC(C4)C5)c3)c(F)c12. The number of nitrogens with one attached hydrogen (secondary N) is 1. The van der Waals surface area contributed by atoms with E-state index in [-0.39, 0.29) is 34.3 Å². The Kier molecular flexibility index (Phi) is 5.95. The van der Waals surface area contributed by atoms with E-state index in [1.54, 1.807) is 37.4 Å². The first-order valence-corrected chi connectivity index (χ1v) is 13.0. The van der Waals surface area contributed by atoms with Gasteiger partial charge in [0.05, 0.1) is 17.6 Å². The van der Waals surface area contributed by atoms with E-state index in [4.69, 9.17) is 9.15 Å². The Morgan fingerprint density at radius 2 is 1.82 bits per heavy atom. The first-order chi connectivity index (χ1) is 18.3. The summed E-state index contributed by atoms with van der Waals surface area (Å²) in [5, 5.41) is 2.74. The van der Waals surface area contributed by atoms with Crippen LogP contribution in [0.2, 0.25) is 0 Å². The molecule has 0 aliphatic heterocycles. The molecule has 194 valence electrons. The number of aryl methyl sites for hydroxylation is 1. The van der Waals surface area contributed by atoms with E-state index in [1.807, 2.05) is 31.2 Å². The number of carbonyl (C=O) groups is 2. The molecular formula is C32H30FNO4. The molecule has 3 saturated carbocycles. The number of hydrogen-bond donors (Lipinski definition) is 1. The van der Waals surface area contributed by atoms with Crippen molar-refractivity contribution >= 4 is 22.7 Å². The van der Waals surface area contributed by atoms with Crippen LogP contribution in [0.4, 0.5) is 4.39 Å². The summed E-state index contributed by atoms with van der Waals surface area (Å²) in [6, 6.07) is 16.4. The zero-order valence-electron chi connectivity index (χ0n) is 21.8. The molecule has 3 aliphatic rings. The van der Waals surface area contributed by atoms with Crippen LogP contribution in [0.1, 0.15) is 57.5 Å². The minimum Gasteiger partial charge on any atom is -0.455 e. The summed E-state index contributed by atoms with van der Waals surface area (Å²) >= 11 is 0. The standard InChI is InChI=1S/C32H30FNO4/c1-18-7-9-20(10-8-18)30-28(31(36)34-2)27-25(38-30)12-23(17-37-3)26(29(27)33)22-6-4-5-21(11-22)24(35)16-32-13-19(14-32)15-32/h4-12,19H,13-17H2,1-3H3,(H,34,36). The molecule has 5 nitrogen and oxygen atoms in total. The molecule has 0 atom stereocenters. The Morgan fingerprint density at radius 1 is 1.08 bits per heavy atom. The number of ketones is 1. The van der Waals surface area contributed by atoms with E-state index in [0.717, 1.165) is 30.7 Å². The van der Waals surface area contributed by atoms with Crippen molar-refractivity contribution in [3.63, 3.8) is 0 Å². The lowest BCUT2D eigenvalue weighted by atomic mass is 9.43. The van der Waals surface area contributed by atoms with Crippen molar-refractivity contribution in [3.8, 4) is 22.5 Å². The van der Waals surface area contributed by atoms with Crippen LogP contribution in [0, 0.1) is 24.1 Å². The highest BCUT2D eigenvalue weighted by atomic mass is 19.1. The third kappa shape index (κ3) is 3.95. The molecule has 0 unspecified atom stereocenters. The molecule has 0 saturated heterocycles. The fourth-order valence-corrected chi connectivity index (χ4v) is 6.26. The van der Waals surface area contributed by atoms with Crippen molar-refractivity contribution in [2.75, 3.05) is 14.2 Å². The van der Waals surface area contributed by atoms with Crippen LogP contribution in [-0.2, 0) is 11.3 Å². The molecule has 3 aliphatic carbocycles. The molecule has 4 aromatic rings. The minimum absolute atomic E-state index is 0.0933. The third-order valence-electron chi connectivity index (χ3n) is 8.24. The van der Waals surface area contributed by atoms with Crippen molar-refractivity contribution in [2.45, 2.75) is 39.2 Å². The number of rotatable bonds is 8. The zero-order chi connectivity index (χ0) is 26.6. The van der Waals surface area contributed by atoms with E-state index >= 15 is 4.39 Å². The van der Waals surface area contributed by atoms with Crippen LogP contribution in [0.25, 0.3) is 33.4 Å². The summed E-state index contributed by atoms with van der Waals surface area (Å²) in [6.07, 6.45) is 3.98. The number of Topliss-reactive ketones (excluding diaryl/α,β-unsaturated/α-hetero) is 1. The van der Waals surface area contributed by atoms with Crippen LogP contribution >= 0.6 is 0 Å². The van der Waals surface area contributed by atoms with E-state index in [9.17, 15) is 9.59 Å². The highest BCUT2D eigenvalue weighted by molar-refractivity contribution is 6.12. The van der Waals surface area contributed by atoms with Gasteiger partial charge in [-0.3, -0.25) is 9.59 Å². The number of halogens is 1. The van der Waals surface area contributed by atoms with Gasteiger partial charge in [0.25, 0.3) is 5.91 Å². The van der Waals surface area contributed by atoms with Gasteiger partial charge in [-0.25, -0.2) is 4.39 Å². The summed E-state index contributed by atoms with van der Waals surface area (Å²) in [7, 11) is 3.06. The van der Waals surface area contributed by atoms with E-state index in [2.05, 4.69) is 5.32 Å². The second kappa shape index (κ2) is 9.21. The lowest BCUT2D eigenvalue weighted by Crippen LogP contribution is -2.52. The topological polar surface area (TPSA) is 68.5 Å². The second-order valence-corrected chi connectivity index (χ2v) is 10.9. The first-order valence-electron chi connectivity index (χ1n) is 13.0. The predicted octanol–water partition coefficient (Wildman–Crippen LogP) is 7.09. The average Bonchev–Trinajstić information content (AvgIpc) is 3.25. The predicted molar refractivity (Wildman–Crippen MR) is 145 cm³/mol. The lowest BCUT2D eigenvalue weighted by Gasteiger charge is -2.62. The van der Waals surface area contributed by atoms with E-state index in [1.165, 1.54) is 7.05 Å². The molecule has 3 fully saturated rings. The van der Waals surface area contributed by atoms with Gasteiger partial charge in [-0.1, -0.05) is 48.0 Å². The smallest absolute Gasteiger partial charge is 0.255 e. The van der Waals surface area contributed by atoms with Crippen LogP contribution in [0.15, 0.2) is 59.0 Å². The van der Waals surface area contributed by atoms with Crippen LogP contribution in [0.3, 0.4) is 0 Å². The van der Waals surface area contributed by atoms with Gasteiger partial charge in [-0.05, 0) is 60.8 Å².